The number of benzene rings is 1. The molecule has 0 aliphatic heterocycles. The molecule has 1 aromatic rings. The van der Waals surface area contributed by atoms with Gasteiger partial charge in [-0.2, -0.15) is 0 Å². The summed E-state index contributed by atoms with van der Waals surface area (Å²) in [6.45, 7) is 0. The molecule has 1 rings (SSSR count). The molecule has 0 heterocycles. The summed E-state index contributed by atoms with van der Waals surface area (Å²) in [7, 11) is 1.37. The van der Waals surface area contributed by atoms with E-state index in [0.29, 0.717) is 5.56 Å². The van der Waals surface area contributed by atoms with E-state index in [4.69, 9.17) is 9.84 Å². The monoisotopic (exact) mass is 244 g/mol. The predicted octanol–water partition coefficient (Wildman–Crippen LogP) is 2.22. The van der Waals surface area contributed by atoms with Crippen molar-refractivity contribution in [1.82, 2.24) is 0 Å². The van der Waals surface area contributed by atoms with Crippen molar-refractivity contribution in [1.29, 1.82) is 0 Å². The third-order valence-electron chi connectivity index (χ3n) is 1.61. The standard InChI is InChI=1S/C9H9BrO3/c1-13-8(9(11)12)6-3-2-4-7(10)5-6/h2-5,8H,1H3,(H,11,12). The molecule has 0 amide bonds. The van der Waals surface area contributed by atoms with E-state index >= 15 is 0 Å². The van der Waals surface area contributed by atoms with Gasteiger partial charge in [-0.3, -0.25) is 0 Å². The highest BCUT2D eigenvalue weighted by atomic mass is 79.9. The fraction of sp³-hybridized carbons (Fsp3) is 0.222. The minimum absolute atomic E-state index is 0.629. The summed E-state index contributed by atoms with van der Waals surface area (Å²) >= 11 is 3.26. The van der Waals surface area contributed by atoms with E-state index in [9.17, 15) is 4.79 Å². The van der Waals surface area contributed by atoms with Crippen LogP contribution in [0.3, 0.4) is 0 Å². The van der Waals surface area contributed by atoms with E-state index in [1.54, 1.807) is 18.2 Å². The second-order valence-corrected chi connectivity index (χ2v) is 3.42. The van der Waals surface area contributed by atoms with Crippen LogP contribution in [0.25, 0.3) is 0 Å². The van der Waals surface area contributed by atoms with Crippen LogP contribution < -0.4 is 0 Å². The zero-order valence-corrected chi connectivity index (χ0v) is 8.61. The number of methoxy groups -OCH3 is 1. The van der Waals surface area contributed by atoms with Gasteiger partial charge in [-0.25, -0.2) is 4.79 Å². The third-order valence-corrected chi connectivity index (χ3v) is 2.10. The Bertz CT molecular complexity index is 311. The molecule has 1 aromatic carbocycles. The molecule has 0 aromatic heterocycles. The van der Waals surface area contributed by atoms with Gasteiger partial charge in [0.2, 0.25) is 0 Å². The van der Waals surface area contributed by atoms with Crippen LogP contribution in [0, 0.1) is 0 Å². The number of aliphatic carboxylic acids is 1. The second-order valence-electron chi connectivity index (χ2n) is 2.51. The molecule has 0 aliphatic rings. The molecule has 0 radical (unpaired) electrons. The molecule has 4 heteroatoms. The minimum atomic E-state index is -0.986. The Kier molecular flexibility index (Phi) is 3.45. The summed E-state index contributed by atoms with van der Waals surface area (Å²) in [6, 6.07) is 7.04. The fourth-order valence-electron chi connectivity index (χ4n) is 1.05. The maximum absolute atomic E-state index is 10.7. The lowest BCUT2D eigenvalue weighted by molar-refractivity contribution is -0.148. The highest BCUT2D eigenvalue weighted by Crippen LogP contribution is 2.20. The molecular weight excluding hydrogens is 236 g/mol. The zero-order chi connectivity index (χ0) is 9.84. The first-order chi connectivity index (χ1) is 6.15. The van der Waals surface area contributed by atoms with Crippen LogP contribution in [0.4, 0.5) is 0 Å². The molecule has 13 heavy (non-hydrogen) atoms. The Morgan fingerprint density at radius 1 is 1.62 bits per heavy atom. The molecular formula is C9H9BrO3. The minimum Gasteiger partial charge on any atom is -0.479 e. The van der Waals surface area contributed by atoms with Gasteiger partial charge in [0.15, 0.2) is 6.10 Å². The van der Waals surface area contributed by atoms with Gasteiger partial charge in [-0.05, 0) is 17.7 Å². The van der Waals surface area contributed by atoms with Crippen LogP contribution in [0.15, 0.2) is 28.7 Å². The van der Waals surface area contributed by atoms with Crippen molar-refractivity contribution in [3.05, 3.63) is 34.3 Å². The van der Waals surface area contributed by atoms with E-state index < -0.39 is 12.1 Å². The quantitative estimate of drug-likeness (QED) is 0.888. The van der Waals surface area contributed by atoms with Crippen molar-refractivity contribution in [2.24, 2.45) is 0 Å². The first kappa shape index (κ1) is 10.2. The molecule has 1 atom stereocenters. The maximum atomic E-state index is 10.7. The summed E-state index contributed by atoms with van der Waals surface area (Å²) in [6.07, 6.45) is -0.891. The maximum Gasteiger partial charge on any atom is 0.337 e. The summed E-state index contributed by atoms with van der Waals surface area (Å²) in [5, 5.41) is 8.78. The van der Waals surface area contributed by atoms with Crippen LogP contribution in [0.2, 0.25) is 0 Å². The Balaban J connectivity index is 2.98. The molecule has 0 saturated heterocycles. The van der Waals surface area contributed by atoms with Crippen molar-refractivity contribution < 1.29 is 14.6 Å². The fourth-order valence-corrected chi connectivity index (χ4v) is 1.47. The number of halogens is 1. The van der Waals surface area contributed by atoms with E-state index in [1.165, 1.54) is 7.11 Å². The van der Waals surface area contributed by atoms with Gasteiger partial charge in [0.25, 0.3) is 0 Å². The topological polar surface area (TPSA) is 46.5 Å². The smallest absolute Gasteiger partial charge is 0.337 e. The number of hydrogen-bond donors (Lipinski definition) is 1. The molecule has 0 saturated carbocycles. The average molecular weight is 245 g/mol. The predicted molar refractivity (Wildman–Crippen MR) is 51.5 cm³/mol. The van der Waals surface area contributed by atoms with Crippen LogP contribution >= 0.6 is 15.9 Å². The number of rotatable bonds is 3. The van der Waals surface area contributed by atoms with E-state index in [1.807, 2.05) is 6.07 Å². The van der Waals surface area contributed by atoms with Crippen molar-refractivity contribution in [2.75, 3.05) is 7.11 Å². The lowest BCUT2D eigenvalue weighted by Crippen LogP contribution is -2.13. The summed E-state index contributed by atoms with van der Waals surface area (Å²) in [5.74, 6) is -0.986. The number of carboxylic acids is 1. The summed E-state index contributed by atoms with van der Waals surface area (Å²) < 4.78 is 5.67. The molecule has 3 nitrogen and oxygen atoms in total. The highest BCUT2D eigenvalue weighted by molar-refractivity contribution is 9.10. The SMILES string of the molecule is COC(C(=O)O)c1cccc(Br)c1. The van der Waals surface area contributed by atoms with E-state index in [2.05, 4.69) is 15.9 Å². The van der Waals surface area contributed by atoms with Crippen LogP contribution in [-0.4, -0.2) is 18.2 Å². The second kappa shape index (κ2) is 4.39. The summed E-state index contributed by atoms with van der Waals surface area (Å²) in [5.41, 5.74) is 0.629. The molecule has 0 fully saturated rings. The van der Waals surface area contributed by atoms with Gasteiger partial charge in [0.1, 0.15) is 0 Å². The Hall–Kier alpha value is -0.870. The first-order valence-electron chi connectivity index (χ1n) is 3.66. The highest BCUT2D eigenvalue weighted by Gasteiger charge is 2.18. The number of carboxylic acid groups (broad SMARTS) is 1. The van der Waals surface area contributed by atoms with Gasteiger partial charge in [0.05, 0.1) is 0 Å². The van der Waals surface area contributed by atoms with Crippen molar-refractivity contribution in [3.8, 4) is 0 Å². The molecule has 0 bridgehead atoms. The van der Waals surface area contributed by atoms with Crippen LogP contribution in [-0.2, 0) is 9.53 Å². The molecule has 70 valence electrons. The number of carbonyl (C=O) groups is 1. The van der Waals surface area contributed by atoms with Crippen molar-refractivity contribution in [2.45, 2.75) is 6.10 Å². The lowest BCUT2D eigenvalue weighted by Gasteiger charge is -2.10. The first-order valence-corrected chi connectivity index (χ1v) is 4.45. The molecule has 0 aliphatic carbocycles. The van der Waals surface area contributed by atoms with Crippen LogP contribution in [0.5, 0.6) is 0 Å². The Morgan fingerprint density at radius 3 is 2.77 bits per heavy atom. The normalized spacial score (nSPS) is 12.5. The van der Waals surface area contributed by atoms with Gasteiger partial charge in [0, 0.05) is 11.6 Å². The van der Waals surface area contributed by atoms with Crippen LogP contribution in [0.1, 0.15) is 11.7 Å². The van der Waals surface area contributed by atoms with Gasteiger partial charge in [-0.15, -0.1) is 0 Å². The van der Waals surface area contributed by atoms with Crippen molar-refractivity contribution >= 4 is 21.9 Å². The van der Waals surface area contributed by atoms with E-state index in [-0.39, 0.29) is 0 Å². The number of ether oxygens (including phenoxy) is 1. The molecule has 1 unspecified atom stereocenters. The Labute approximate surface area is 84.5 Å². The Morgan fingerprint density at radius 2 is 2.31 bits per heavy atom. The van der Waals surface area contributed by atoms with Gasteiger partial charge in [-0.1, -0.05) is 28.1 Å². The summed E-state index contributed by atoms with van der Waals surface area (Å²) in [4.78, 5) is 10.7. The zero-order valence-electron chi connectivity index (χ0n) is 7.03. The van der Waals surface area contributed by atoms with E-state index in [0.717, 1.165) is 4.47 Å². The largest absolute Gasteiger partial charge is 0.479 e. The molecule has 1 N–H and O–H groups in total. The van der Waals surface area contributed by atoms with Crippen molar-refractivity contribution in [3.63, 3.8) is 0 Å². The van der Waals surface area contributed by atoms with Gasteiger partial charge >= 0.3 is 5.97 Å². The average Bonchev–Trinajstić information content (AvgIpc) is 2.04. The molecule has 0 spiro atoms. The third kappa shape index (κ3) is 2.54. The number of hydrogen-bond acceptors (Lipinski definition) is 2. The van der Waals surface area contributed by atoms with Gasteiger partial charge < -0.3 is 9.84 Å². The lowest BCUT2D eigenvalue weighted by atomic mass is 10.1.